The lowest BCUT2D eigenvalue weighted by atomic mass is 9.93. The van der Waals surface area contributed by atoms with Gasteiger partial charge in [0, 0.05) is 13.0 Å². The van der Waals surface area contributed by atoms with Crippen LogP contribution in [-0.2, 0) is 9.59 Å². The average molecular weight is 270 g/mol. The lowest BCUT2D eigenvalue weighted by molar-refractivity contribution is -0.138. The third-order valence-electron chi connectivity index (χ3n) is 3.77. The number of hydrogen-bond acceptors (Lipinski definition) is 3. The molecule has 1 saturated carbocycles. The first-order valence-electron chi connectivity index (χ1n) is 7.12. The van der Waals surface area contributed by atoms with Crippen molar-refractivity contribution in [1.29, 1.82) is 0 Å². The Bertz CT molecular complexity index is 323. The summed E-state index contributed by atoms with van der Waals surface area (Å²) in [5.74, 6) is -0.543. The monoisotopic (exact) mass is 270 g/mol. The van der Waals surface area contributed by atoms with E-state index in [1.165, 1.54) is 0 Å². The molecular weight excluding hydrogens is 244 g/mol. The van der Waals surface area contributed by atoms with Crippen LogP contribution in [0.25, 0.3) is 0 Å². The molecular formula is C14H26N2O3. The van der Waals surface area contributed by atoms with E-state index in [2.05, 4.69) is 19.2 Å². The first-order valence-corrected chi connectivity index (χ1v) is 7.12. The maximum absolute atomic E-state index is 12.1. The summed E-state index contributed by atoms with van der Waals surface area (Å²) >= 11 is 0. The van der Waals surface area contributed by atoms with Gasteiger partial charge in [0.2, 0.25) is 5.91 Å². The van der Waals surface area contributed by atoms with Crippen LogP contribution in [0.15, 0.2) is 0 Å². The Morgan fingerprint density at radius 3 is 2.37 bits per heavy atom. The van der Waals surface area contributed by atoms with Gasteiger partial charge in [-0.3, -0.25) is 9.59 Å². The number of carboxylic acid groups (broad SMARTS) is 1. The Hall–Kier alpha value is -1.10. The molecule has 4 N–H and O–H groups in total. The summed E-state index contributed by atoms with van der Waals surface area (Å²) in [6.45, 7) is 4.51. The smallest absolute Gasteiger partial charge is 0.303 e. The maximum Gasteiger partial charge on any atom is 0.303 e. The first kappa shape index (κ1) is 16.0. The van der Waals surface area contributed by atoms with Gasteiger partial charge in [-0.05, 0) is 31.1 Å². The lowest BCUT2D eigenvalue weighted by Gasteiger charge is -2.24. The number of amides is 1. The molecule has 19 heavy (non-hydrogen) atoms. The van der Waals surface area contributed by atoms with E-state index < -0.39 is 11.5 Å². The molecule has 0 aromatic rings. The van der Waals surface area contributed by atoms with Crippen molar-refractivity contribution in [3.8, 4) is 0 Å². The fraction of sp³-hybridized carbons (Fsp3) is 0.857. The van der Waals surface area contributed by atoms with Crippen molar-refractivity contribution in [1.82, 2.24) is 5.32 Å². The maximum atomic E-state index is 12.1. The van der Waals surface area contributed by atoms with E-state index in [0.717, 1.165) is 32.1 Å². The Balaban J connectivity index is 2.46. The van der Waals surface area contributed by atoms with E-state index in [-0.39, 0.29) is 18.2 Å². The molecule has 0 radical (unpaired) electrons. The number of nitrogens with two attached hydrogens (primary N) is 1. The molecule has 0 aliphatic heterocycles. The van der Waals surface area contributed by atoms with Crippen molar-refractivity contribution in [2.75, 3.05) is 6.54 Å². The number of carboxylic acids is 1. The van der Waals surface area contributed by atoms with Crippen molar-refractivity contribution in [3.05, 3.63) is 0 Å². The van der Waals surface area contributed by atoms with E-state index in [4.69, 9.17) is 10.8 Å². The second kappa shape index (κ2) is 6.89. The Kier molecular flexibility index (Phi) is 5.79. The number of hydrogen-bond donors (Lipinski definition) is 3. The molecule has 1 rings (SSSR count). The molecule has 0 bridgehead atoms. The van der Waals surface area contributed by atoms with Gasteiger partial charge in [-0.2, -0.15) is 0 Å². The highest BCUT2D eigenvalue weighted by molar-refractivity contribution is 5.86. The molecule has 1 aliphatic rings. The molecule has 0 saturated heterocycles. The zero-order valence-corrected chi connectivity index (χ0v) is 11.9. The highest BCUT2D eigenvalue weighted by atomic mass is 16.4. The van der Waals surface area contributed by atoms with Crippen molar-refractivity contribution >= 4 is 11.9 Å². The summed E-state index contributed by atoms with van der Waals surface area (Å²) < 4.78 is 0. The zero-order valence-electron chi connectivity index (χ0n) is 11.9. The SMILES string of the molecule is CC(C)CC(CNC(=O)C1(N)CCCC1)CC(=O)O. The van der Waals surface area contributed by atoms with E-state index in [9.17, 15) is 9.59 Å². The molecule has 1 aliphatic carbocycles. The summed E-state index contributed by atoms with van der Waals surface area (Å²) in [5, 5.41) is 11.7. The fourth-order valence-corrected chi connectivity index (χ4v) is 2.80. The van der Waals surface area contributed by atoms with Crippen molar-refractivity contribution in [2.45, 2.75) is 57.9 Å². The van der Waals surface area contributed by atoms with Crippen molar-refractivity contribution in [2.24, 2.45) is 17.6 Å². The first-order chi connectivity index (χ1) is 8.83. The second-order valence-electron chi connectivity index (χ2n) is 6.17. The Morgan fingerprint density at radius 2 is 1.89 bits per heavy atom. The third kappa shape index (κ3) is 5.19. The number of carbonyl (C=O) groups is 2. The highest BCUT2D eigenvalue weighted by Crippen LogP contribution is 2.27. The topological polar surface area (TPSA) is 92.4 Å². The summed E-state index contributed by atoms with van der Waals surface area (Å²) in [6, 6.07) is 0. The molecule has 1 unspecified atom stereocenters. The summed E-state index contributed by atoms with van der Waals surface area (Å²) in [6.07, 6.45) is 4.34. The van der Waals surface area contributed by atoms with Crippen LogP contribution in [0.5, 0.6) is 0 Å². The summed E-state index contributed by atoms with van der Waals surface area (Å²) in [5.41, 5.74) is 5.33. The van der Waals surface area contributed by atoms with Crippen LogP contribution in [-0.4, -0.2) is 29.1 Å². The van der Waals surface area contributed by atoms with Crippen LogP contribution < -0.4 is 11.1 Å². The van der Waals surface area contributed by atoms with E-state index >= 15 is 0 Å². The Morgan fingerprint density at radius 1 is 1.32 bits per heavy atom. The standard InChI is InChI=1S/C14H26N2O3/c1-10(2)7-11(8-12(17)18)9-16-13(19)14(15)5-3-4-6-14/h10-11H,3-9,15H2,1-2H3,(H,16,19)(H,17,18). The van der Waals surface area contributed by atoms with Crippen LogP contribution in [0.2, 0.25) is 0 Å². The van der Waals surface area contributed by atoms with Gasteiger partial charge in [-0.1, -0.05) is 26.7 Å². The van der Waals surface area contributed by atoms with Crippen LogP contribution in [0.4, 0.5) is 0 Å². The van der Waals surface area contributed by atoms with E-state index in [0.29, 0.717) is 12.5 Å². The van der Waals surface area contributed by atoms with Gasteiger partial charge in [0.05, 0.1) is 5.54 Å². The molecule has 1 atom stereocenters. The lowest BCUT2D eigenvalue weighted by Crippen LogP contribution is -2.52. The largest absolute Gasteiger partial charge is 0.481 e. The summed E-state index contributed by atoms with van der Waals surface area (Å²) in [7, 11) is 0. The van der Waals surface area contributed by atoms with Crippen LogP contribution in [0, 0.1) is 11.8 Å². The molecule has 1 amide bonds. The number of rotatable bonds is 7. The molecule has 0 aromatic heterocycles. The quantitative estimate of drug-likeness (QED) is 0.654. The second-order valence-corrected chi connectivity index (χ2v) is 6.17. The minimum absolute atomic E-state index is 0.0218. The normalized spacial score (nSPS) is 19.4. The third-order valence-corrected chi connectivity index (χ3v) is 3.77. The van der Waals surface area contributed by atoms with Gasteiger partial charge in [0.15, 0.2) is 0 Å². The van der Waals surface area contributed by atoms with Crippen LogP contribution in [0.3, 0.4) is 0 Å². The Labute approximate surface area is 114 Å². The molecule has 1 fully saturated rings. The fourth-order valence-electron chi connectivity index (χ4n) is 2.80. The van der Waals surface area contributed by atoms with Crippen LogP contribution >= 0.6 is 0 Å². The predicted octanol–water partition coefficient (Wildman–Crippen LogP) is 1.51. The number of nitrogens with one attached hydrogen (secondary N) is 1. The van der Waals surface area contributed by atoms with E-state index in [1.54, 1.807) is 0 Å². The molecule has 0 aromatic carbocycles. The van der Waals surface area contributed by atoms with Gasteiger partial charge in [-0.25, -0.2) is 0 Å². The zero-order chi connectivity index (χ0) is 14.5. The minimum atomic E-state index is -0.816. The minimum Gasteiger partial charge on any atom is -0.481 e. The van der Waals surface area contributed by atoms with Gasteiger partial charge >= 0.3 is 5.97 Å². The van der Waals surface area contributed by atoms with Gasteiger partial charge in [-0.15, -0.1) is 0 Å². The highest BCUT2D eigenvalue weighted by Gasteiger charge is 2.37. The molecule has 110 valence electrons. The van der Waals surface area contributed by atoms with Crippen molar-refractivity contribution in [3.63, 3.8) is 0 Å². The number of carbonyl (C=O) groups excluding carboxylic acids is 1. The predicted molar refractivity (Wildman–Crippen MR) is 73.6 cm³/mol. The van der Waals surface area contributed by atoms with Gasteiger partial charge in [0.25, 0.3) is 0 Å². The number of aliphatic carboxylic acids is 1. The molecule has 0 spiro atoms. The average Bonchev–Trinajstić information content (AvgIpc) is 2.72. The molecule has 0 heterocycles. The van der Waals surface area contributed by atoms with Crippen LogP contribution in [0.1, 0.15) is 52.4 Å². The van der Waals surface area contributed by atoms with E-state index in [1.807, 2.05) is 0 Å². The van der Waals surface area contributed by atoms with Gasteiger partial charge < -0.3 is 16.2 Å². The molecule has 5 nitrogen and oxygen atoms in total. The van der Waals surface area contributed by atoms with Gasteiger partial charge in [0.1, 0.15) is 0 Å². The van der Waals surface area contributed by atoms with Crippen molar-refractivity contribution < 1.29 is 14.7 Å². The molecule has 5 heteroatoms. The summed E-state index contributed by atoms with van der Waals surface area (Å²) in [4.78, 5) is 22.9.